The van der Waals surface area contributed by atoms with Crippen molar-refractivity contribution in [3.8, 4) is 0 Å². The summed E-state index contributed by atoms with van der Waals surface area (Å²) in [6, 6.07) is 4.15. The van der Waals surface area contributed by atoms with Gasteiger partial charge in [-0.1, -0.05) is 38.8 Å². The summed E-state index contributed by atoms with van der Waals surface area (Å²) in [5, 5.41) is 0. The number of halogens is 1. The molecule has 0 aliphatic rings. The highest BCUT2D eigenvalue weighted by molar-refractivity contribution is 7.16. The van der Waals surface area contributed by atoms with Crippen LogP contribution in [0.1, 0.15) is 44.4 Å². The fourth-order valence-electron chi connectivity index (χ4n) is 1.48. The first-order chi connectivity index (χ1) is 6.13. The molecule has 1 aromatic rings. The molecule has 1 aromatic heterocycles. The molecular weight excluding hydrogens is 200 g/mol. The van der Waals surface area contributed by atoms with Crippen molar-refractivity contribution in [3.05, 3.63) is 21.3 Å². The smallest absolute Gasteiger partial charge is 0.0931 e. The second-order valence-corrected chi connectivity index (χ2v) is 5.54. The van der Waals surface area contributed by atoms with Crippen LogP contribution in [0.15, 0.2) is 12.1 Å². The second-order valence-electron chi connectivity index (χ2n) is 3.79. The van der Waals surface area contributed by atoms with Gasteiger partial charge in [-0.15, -0.1) is 11.3 Å². The van der Waals surface area contributed by atoms with Gasteiger partial charge in [0.1, 0.15) is 0 Å². The summed E-state index contributed by atoms with van der Waals surface area (Å²) in [4.78, 5) is 1.42. The Hall–Kier alpha value is -0.0100. The van der Waals surface area contributed by atoms with Crippen LogP contribution in [0.2, 0.25) is 4.34 Å². The van der Waals surface area contributed by atoms with Crippen molar-refractivity contribution in [3.63, 3.8) is 0 Å². The summed E-state index contributed by atoms with van der Waals surface area (Å²) in [6.45, 7) is 6.85. The summed E-state index contributed by atoms with van der Waals surface area (Å²) < 4.78 is 0.908. The van der Waals surface area contributed by atoms with Crippen LogP contribution in [-0.4, -0.2) is 0 Å². The first-order valence-electron chi connectivity index (χ1n) is 4.88. The van der Waals surface area contributed by atoms with E-state index in [2.05, 4.69) is 26.8 Å². The van der Waals surface area contributed by atoms with E-state index >= 15 is 0 Å². The zero-order valence-electron chi connectivity index (χ0n) is 8.51. The maximum Gasteiger partial charge on any atom is 0.0931 e. The van der Waals surface area contributed by atoms with Crippen molar-refractivity contribution in [1.29, 1.82) is 0 Å². The van der Waals surface area contributed by atoms with E-state index in [4.69, 9.17) is 11.6 Å². The van der Waals surface area contributed by atoms with Gasteiger partial charge < -0.3 is 0 Å². The normalized spacial score (nSPS) is 15.7. The van der Waals surface area contributed by atoms with E-state index in [1.807, 2.05) is 6.07 Å². The Morgan fingerprint density at radius 3 is 2.54 bits per heavy atom. The Bertz CT molecular complexity index is 254. The van der Waals surface area contributed by atoms with Gasteiger partial charge in [0.15, 0.2) is 0 Å². The topological polar surface area (TPSA) is 0 Å². The lowest BCUT2D eigenvalue weighted by atomic mass is 9.94. The molecule has 0 radical (unpaired) electrons. The third-order valence-corrected chi connectivity index (χ3v) is 4.00. The summed E-state index contributed by atoms with van der Waals surface area (Å²) in [5.41, 5.74) is 0. The molecule has 0 bridgehead atoms. The van der Waals surface area contributed by atoms with E-state index < -0.39 is 0 Å². The lowest BCUT2D eigenvalue weighted by Gasteiger charge is -2.13. The van der Waals surface area contributed by atoms with Gasteiger partial charge in [-0.25, -0.2) is 0 Å². The molecule has 0 aliphatic carbocycles. The summed E-state index contributed by atoms with van der Waals surface area (Å²) >= 11 is 7.61. The van der Waals surface area contributed by atoms with E-state index in [1.165, 1.54) is 17.7 Å². The third-order valence-electron chi connectivity index (χ3n) is 2.53. The van der Waals surface area contributed by atoms with Crippen LogP contribution in [0.4, 0.5) is 0 Å². The van der Waals surface area contributed by atoms with Crippen LogP contribution in [0.3, 0.4) is 0 Å². The molecule has 2 atom stereocenters. The van der Waals surface area contributed by atoms with Crippen molar-refractivity contribution in [2.75, 3.05) is 0 Å². The third kappa shape index (κ3) is 3.32. The standard InChI is InChI=1S/C11H17ClS/c1-4-8(2)7-9(3)10-5-6-11(12)13-10/h5-6,8-9H,4,7H2,1-3H3. The highest BCUT2D eigenvalue weighted by Crippen LogP contribution is 2.32. The molecule has 0 amide bonds. The largest absolute Gasteiger partial charge is 0.128 e. The minimum absolute atomic E-state index is 0.660. The number of thiophene rings is 1. The highest BCUT2D eigenvalue weighted by Gasteiger charge is 2.11. The Morgan fingerprint density at radius 2 is 2.08 bits per heavy atom. The number of hydrogen-bond acceptors (Lipinski definition) is 1. The van der Waals surface area contributed by atoms with Crippen LogP contribution >= 0.6 is 22.9 Å². The van der Waals surface area contributed by atoms with Crippen LogP contribution in [0.5, 0.6) is 0 Å². The van der Waals surface area contributed by atoms with Crippen molar-refractivity contribution < 1.29 is 0 Å². The van der Waals surface area contributed by atoms with E-state index in [0.717, 1.165) is 10.3 Å². The van der Waals surface area contributed by atoms with Crippen LogP contribution in [-0.2, 0) is 0 Å². The molecule has 1 rings (SSSR count). The van der Waals surface area contributed by atoms with Gasteiger partial charge in [-0.2, -0.15) is 0 Å². The minimum atomic E-state index is 0.660. The van der Waals surface area contributed by atoms with Gasteiger partial charge in [0.2, 0.25) is 0 Å². The average molecular weight is 217 g/mol. The minimum Gasteiger partial charge on any atom is -0.128 e. The van der Waals surface area contributed by atoms with E-state index in [0.29, 0.717) is 5.92 Å². The first-order valence-corrected chi connectivity index (χ1v) is 6.08. The van der Waals surface area contributed by atoms with Gasteiger partial charge in [0, 0.05) is 4.88 Å². The summed E-state index contributed by atoms with van der Waals surface area (Å²) in [7, 11) is 0. The van der Waals surface area contributed by atoms with Gasteiger partial charge in [0.05, 0.1) is 4.34 Å². The monoisotopic (exact) mass is 216 g/mol. The lowest BCUT2D eigenvalue weighted by molar-refractivity contribution is 0.474. The molecule has 0 N–H and O–H groups in total. The summed E-state index contributed by atoms with van der Waals surface area (Å²) in [6.07, 6.45) is 2.54. The fraction of sp³-hybridized carbons (Fsp3) is 0.636. The molecule has 2 unspecified atom stereocenters. The van der Waals surface area contributed by atoms with Crippen molar-refractivity contribution in [2.24, 2.45) is 5.92 Å². The van der Waals surface area contributed by atoms with Crippen LogP contribution < -0.4 is 0 Å². The second kappa shape index (κ2) is 5.02. The van der Waals surface area contributed by atoms with Crippen molar-refractivity contribution in [2.45, 2.75) is 39.5 Å². The average Bonchev–Trinajstić information content (AvgIpc) is 2.51. The summed E-state index contributed by atoms with van der Waals surface area (Å²) in [5.74, 6) is 1.48. The van der Waals surface area contributed by atoms with Crippen LogP contribution in [0.25, 0.3) is 0 Å². The molecule has 0 fully saturated rings. The zero-order valence-corrected chi connectivity index (χ0v) is 10.1. The van der Waals surface area contributed by atoms with Gasteiger partial charge in [-0.05, 0) is 30.4 Å². The number of hydrogen-bond donors (Lipinski definition) is 0. The predicted octanol–water partition coefficient (Wildman–Crippen LogP) is 4.94. The molecule has 1 heterocycles. The van der Waals surface area contributed by atoms with Gasteiger partial charge in [0.25, 0.3) is 0 Å². The van der Waals surface area contributed by atoms with Crippen LogP contribution in [0, 0.1) is 5.92 Å². The molecule has 0 saturated carbocycles. The molecule has 13 heavy (non-hydrogen) atoms. The lowest BCUT2D eigenvalue weighted by Crippen LogP contribution is -1.98. The highest BCUT2D eigenvalue weighted by atomic mass is 35.5. The number of rotatable bonds is 4. The Balaban J connectivity index is 2.53. The van der Waals surface area contributed by atoms with Gasteiger partial charge >= 0.3 is 0 Å². The van der Waals surface area contributed by atoms with Gasteiger partial charge in [-0.3, -0.25) is 0 Å². The molecular formula is C11H17ClS. The van der Waals surface area contributed by atoms with E-state index in [1.54, 1.807) is 11.3 Å². The Morgan fingerprint density at radius 1 is 1.38 bits per heavy atom. The molecule has 0 spiro atoms. The van der Waals surface area contributed by atoms with Crippen molar-refractivity contribution in [1.82, 2.24) is 0 Å². The zero-order chi connectivity index (χ0) is 9.84. The Labute approximate surface area is 89.9 Å². The maximum atomic E-state index is 5.89. The molecule has 74 valence electrons. The maximum absolute atomic E-state index is 5.89. The van der Waals surface area contributed by atoms with E-state index in [-0.39, 0.29) is 0 Å². The Kier molecular flexibility index (Phi) is 4.27. The molecule has 0 saturated heterocycles. The SMILES string of the molecule is CCC(C)CC(C)c1ccc(Cl)s1. The molecule has 0 aliphatic heterocycles. The van der Waals surface area contributed by atoms with E-state index in [9.17, 15) is 0 Å². The first kappa shape index (κ1) is 11.1. The fourth-order valence-corrected chi connectivity index (χ4v) is 2.60. The quantitative estimate of drug-likeness (QED) is 0.669. The predicted molar refractivity (Wildman–Crippen MR) is 61.8 cm³/mol. The molecule has 2 heteroatoms. The van der Waals surface area contributed by atoms with Crippen molar-refractivity contribution >= 4 is 22.9 Å². The molecule has 0 nitrogen and oxygen atoms in total. The molecule has 0 aromatic carbocycles.